The number of rotatable bonds is 8. The number of aromatic nitrogens is 1. The molecule has 1 aromatic heterocycles. The predicted octanol–water partition coefficient (Wildman–Crippen LogP) is 3.78. The molecular weight excluding hydrogens is 416 g/mol. The molecule has 0 N–H and O–H groups in total. The number of hydrogen-bond acceptors (Lipinski definition) is 5. The molecule has 0 unspecified atom stereocenters. The lowest BCUT2D eigenvalue weighted by Gasteiger charge is -2.34. The second-order valence-corrected chi connectivity index (χ2v) is 7.60. The smallest absolute Gasteiger partial charge is 0.223 e. The van der Waals surface area contributed by atoms with E-state index >= 15 is 0 Å². The van der Waals surface area contributed by atoms with Crippen molar-refractivity contribution in [1.29, 1.82) is 0 Å². The number of amides is 1. The van der Waals surface area contributed by atoms with Crippen molar-refractivity contribution in [1.82, 2.24) is 14.8 Å². The zero-order valence-corrected chi connectivity index (χ0v) is 17.7. The Morgan fingerprint density at radius 3 is 2.44 bits per heavy atom. The number of ether oxygens (including phenoxy) is 1. The van der Waals surface area contributed by atoms with Crippen LogP contribution in [0.5, 0.6) is 5.75 Å². The fraction of sp³-hybridized carbons (Fsp3) is 0.333. The Kier molecular flexibility index (Phi) is 7.11. The molecule has 1 fully saturated rings. The molecule has 0 radical (unpaired) electrons. The molecule has 0 aliphatic carbocycles. The lowest BCUT2D eigenvalue weighted by atomic mass is 10.1. The largest absolute Gasteiger partial charge is 0.492 e. The van der Waals surface area contributed by atoms with Gasteiger partial charge >= 0.3 is 0 Å². The number of carbonyl (C=O) groups is 1. The van der Waals surface area contributed by atoms with Crippen LogP contribution >= 0.6 is 0 Å². The number of oxazole rings is 1. The van der Waals surface area contributed by atoms with Gasteiger partial charge in [0.1, 0.15) is 24.0 Å². The standard InChI is InChI=1S/C24H25F2N3O3/c25-19-7-4-8-20(26)24(19)21-17-27-22(32-21)9-10-23(30)29-13-11-28(12-14-29)15-16-31-18-5-2-1-3-6-18/h1-8,17H,9-16H2. The first-order chi connectivity index (χ1) is 15.6. The average molecular weight is 441 g/mol. The molecule has 8 heteroatoms. The maximum absolute atomic E-state index is 13.9. The normalized spacial score (nSPS) is 14.5. The number of piperazine rings is 1. The van der Waals surface area contributed by atoms with Crippen LogP contribution in [0.3, 0.4) is 0 Å². The van der Waals surface area contributed by atoms with Gasteiger partial charge < -0.3 is 14.1 Å². The van der Waals surface area contributed by atoms with Crippen LogP contribution in [0.4, 0.5) is 8.78 Å². The van der Waals surface area contributed by atoms with Gasteiger partial charge in [-0.1, -0.05) is 24.3 Å². The molecule has 0 bridgehead atoms. The van der Waals surface area contributed by atoms with Crippen molar-refractivity contribution in [3.8, 4) is 17.1 Å². The van der Waals surface area contributed by atoms with E-state index in [1.54, 1.807) is 0 Å². The third-order valence-corrected chi connectivity index (χ3v) is 5.46. The Balaban J connectivity index is 1.20. The molecule has 2 aromatic carbocycles. The molecule has 4 rings (SSSR count). The molecule has 1 aliphatic heterocycles. The molecule has 2 heterocycles. The number of benzene rings is 2. The minimum atomic E-state index is -0.712. The van der Waals surface area contributed by atoms with E-state index in [-0.39, 0.29) is 36.0 Å². The maximum Gasteiger partial charge on any atom is 0.223 e. The molecule has 3 aromatic rings. The van der Waals surface area contributed by atoms with Gasteiger partial charge in [-0.2, -0.15) is 0 Å². The Labute approximate surface area is 185 Å². The molecule has 0 atom stereocenters. The number of para-hydroxylation sites is 1. The van der Waals surface area contributed by atoms with E-state index in [1.165, 1.54) is 12.3 Å². The summed E-state index contributed by atoms with van der Waals surface area (Å²) < 4.78 is 39.0. The van der Waals surface area contributed by atoms with Crippen LogP contribution < -0.4 is 4.74 Å². The summed E-state index contributed by atoms with van der Waals surface area (Å²) in [6.07, 6.45) is 1.80. The second kappa shape index (κ2) is 10.4. The van der Waals surface area contributed by atoms with Crippen LogP contribution in [-0.4, -0.2) is 60.0 Å². The Bertz CT molecular complexity index is 1010. The lowest BCUT2D eigenvalue weighted by molar-refractivity contribution is -0.133. The van der Waals surface area contributed by atoms with Crippen molar-refractivity contribution in [2.45, 2.75) is 12.8 Å². The molecule has 1 aliphatic rings. The third kappa shape index (κ3) is 5.50. The van der Waals surface area contributed by atoms with Gasteiger partial charge in [-0.25, -0.2) is 13.8 Å². The van der Waals surface area contributed by atoms with Crippen molar-refractivity contribution < 1.29 is 22.7 Å². The summed E-state index contributed by atoms with van der Waals surface area (Å²) in [6, 6.07) is 13.3. The first kappa shape index (κ1) is 22.0. The Morgan fingerprint density at radius 2 is 1.72 bits per heavy atom. The SMILES string of the molecule is O=C(CCc1ncc(-c2c(F)cccc2F)o1)N1CCN(CCOc2ccccc2)CC1. The minimum absolute atomic E-state index is 0.0157. The van der Waals surface area contributed by atoms with Gasteiger partial charge in [-0.05, 0) is 24.3 Å². The molecule has 6 nitrogen and oxygen atoms in total. The first-order valence-electron chi connectivity index (χ1n) is 10.7. The van der Waals surface area contributed by atoms with Gasteiger partial charge in [0.25, 0.3) is 0 Å². The number of nitrogens with zero attached hydrogens (tertiary/aromatic N) is 3. The monoisotopic (exact) mass is 441 g/mol. The minimum Gasteiger partial charge on any atom is -0.492 e. The topological polar surface area (TPSA) is 58.8 Å². The first-order valence-corrected chi connectivity index (χ1v) is 10.7. The van der Waals surface area contributed by atoms with Crippen molar-refractivity contribution in [2.24, 2.45) is 0 Å². The van der Waals surface area contributed by atoms with Crippen LogP contribution in [0.25, 0.3) is 11.3 Å². The quantitative estimate of drug-likeness (QED) is 0.533. The van der Waals surface area contributed by atoms with E-state index in [9.17, 15) is 13.6 Å². The summed E-state index contributed by atoms with van der Waals surface area (Å²) in [6.45, 7) is 4.30. The summed E-state index contributed by atoms with van der Waals surface area (Å²) in [5.74, 6) is -0.246. The fourth-order valence-corrected chi connectivity index (χ4v) is 3.68. The number of carbonyl (C=O) groups excluding carboxylic acids is 1. The van der Waals surface area contributed by atoms with Crippen molar-refractivity contribution in [2.75, 3.05) is 39.3 Å². The average Bonchev–Trinajstić information content (AvgIpc) is 3.27. The summed E-state index contributed by atoms with van der Waals surface area (Å²) in [5.41, 5.74) is -0.245. The highest BCUT2D eigenvalue weighted by molar-refractivity contribution is 5.76. The molecule has 0 saturated carbocycles. The Hall–Kier alpha value is -3.26. The summed E-state index contributed by atoms with van der Waals surface area (Å²) in [7, 11) is 0. The summed E-state index contributed by atoms with van der Waals surface area (Å²) in [4.78, 5) is 20.7. The van der Waals surface area contributed by atoms with E-state index in [2.05, 4.69) is 9.88 Å². The van der Waals surface area contributed by atoms with Gasteiger partial charge in [-0.15, -0.1) is 0 Å². The molecule has 0 spiro atoms. The third-order valence-electron chi connectivity index (χ3n) is 5.46. The molecule has 32 heavy (non-hydrogen) atoms. The van der Waals surface area contributed by atoms with Crippen molar-refractivity contribution in [3.05, 3.63) is 72.3 Å². The highest BCUT2D eigenvalue weighted by Crippen LogP contribution is 2.26. The van der Waals surface area contributed by atoms with E-state index in [0.29, 0.717) is 19.7 Å². The predicted molar refractivity (Wildman–Crippen MR) is 115 cm³/mol. The maximum atomic E-state index is 13.9. The zero-order valence-electron chi connectivity index (χ0n) is 17.7. The van der Waals surface area contributed by atoms with Gasteiger partial charge in [0.2, 0.25) is 5.91 Å². The van der Waals surface area contributed by atoms with Gasteiger partial charge in [0.05, 0.1) is 11.8 Å². The molecule has 1 amide bonds. The summed E-state index contributed by atoms with van der Waals surface area (Å²) in [5, 5.41) is 0. The van der Waals surface area contributed by atoms with E-state index in [1.807, 2.05) is 35.2 Å². The Morgan fingerprint density at radius 1 is 1.00 bits per heavy atom. The van der Waals surface area contributed by atoms with Gasteiger partial charge in [-0.3, -0.25) is 9.69 Å². The van der Waals surface area contributed by atoms with E-state index < -0.39 is 11.6 Å². The highest BCUT2D eigenvalue weighted by atomic mass is 19.1. The van der Waals surface area contributed by atoms with Crippen LogP contribution in [0.1, 0.15) is 12.3 Å². The number of hydrogen-bond donors (Lipinski definition) is 0. The second-order valence-electron chi connectivity index (χ2n) is 7.60. The van der Waals surface area contributed by atoms with Gasteiger partial charge in [0, 0.05) is 45.6 Å². The van der Waals surface area contributed by atoms with E-state index in [4.69, 9.17) is 9.15 Å². The molecule has 1 saturated heterocycles. The zero-order chi connectivity index (χ0) is 22.3. The lowest BCUT2D eigenvalue weighted by Crippen LogP contribution is -2.49. The number of aryl methyl sites for hydroxylation is 1. The molecule has 168 valence electrons. The highest BCUT2D eigenvalue weighted by Gasteiger charge is 2.22. The van der Waals surface area contributed by atoms with Crippen LogP contribution in [-0.2, 0) is 11.2 Å². The van der Waals surface area contributed by atoms with Crippen LogP contribution in [0, 0.1) is 11.6 Å². The summed E-state index contributed by atoms with van der Waals surface area (Å²) >= 11 is 0. The van der Waals surface area contributed by atoms with Gasteiger partial charge in [0.15, 0.2) is 11.7 Å². The molecular formula is C24H25F2N3O3. The van der Waals surface area contributed by atoms with Crippen LogP contribution in [0.2, 0.25) is 0 Å². The fourth-order valence-electron chi connectivity index (χ4n) is 3.68. The van der Waals surface area contributed by atoms with Crippen molar-refractivity contribution >= 4 is 5.91 Å². The number of halogens is 2. The van der Waals surface area contributed by atoms with Crippen LogP contribution in [0.15, 0.2) is 59.1 Å². The van der Waals surface area contributed by atoms with Crippen molar-refractivity contribution in [3.63, 3.8) is 0 Å². The van der Waals surface area contributed by atoms with E-state index in [0.717, 1.165) is 37.5 Å².